The van der Waals surface area contributed by atoms with E-state index in [0.717, 1.165) is 12.0 Å². The average molecular weight is 334 g/mol. The Morgan fingerprint density at radius 3 is 2.21 bits per heavy atom. The van der Waals surface area contributed by atoms with E-state index in [1.54, 1.807) is 20.3 Å². The van der Waals surface area contributed by atoms with Crippen molar-refractivity contribution >= 4 is 11.8 Å². The summed E-state index contributed by atoms with van der Waals surface area (Å²) in [6, 6.07) is 3.55. The molecule has 0 atom stereocenters. The predicted octanol–water partition coefficient (Wildman–Crippen LogP) is 2.10. The lowest BCUT2D eigenvalue weighted by atomic mass is 10.1. The number of ether oxygens (including phenoxy) is 2. The summed E-state index contributed by atoms with van der Waals surface area (Å²) in [5, 5.41) is 0. The Morgan fingerprint density at radius 1 is 1.00 bits per heavy atom. The van der Waals surface area contributed by atoms with E-state index in [1.807, 2.05) is 29.7 Å². The molecule has 0 radical (unpaired) electrons. The maximum absolute atomic E-state index is 12.9. The summed E-state index contributed by atoms with van der Waals surface area (Å²) in [4.78, 5) is 28.4. The topological polar surface area (TPSA) is 59.1 Å². The summed E-state index contributed by atoms with van der Waals surface area (Å²) in [7, 11) is 3.13. The summed E-state index contributed by atoms with van der Waals surface area (Å²) < 4.78 is 10.6. The van der Waals surface area contributed by atoms with Gasteiger partial charge in [-0.05, 0) is 31.0 Å². The smallest absolute Gasteiger partial charge is 0.254 e. The van der Waals surface area contributed by atoms with Crippen LogP contribution < -0.4 is 9.47 Å². The number of carbonyl (C=O) groups excluding carboxylic acids is 2. The molecule has 0 unspecified atom stereocenters. The fourth-order valence-electron chi connectivity index (χ4n) is 2.97. The molecule has 1 aromatic carbocycles. The maximum Gasteiger partial charge on any atom is 0.254 e. The molecule has 1 aliphatic rings. The summed E-state index contributed by atoms with van der Waals surface area (Å²) in [5.41, 5.74) is 1.46. The number of methoxy groups -OCH3 is 2. The molecule has 0 saturated carbocycles. The maximum atomic E-state index is 12.9. The zero-order valence-electron chi connectivity index (χ0n) is 14.9. The molecule has 2 rings (SSSR count). The van der Waals surface area contributed by atoms with Crippen LogP contribution >= 0.6 is 0 Å². The molecule has 1 aliphatic heterocycles. The first-order valence-corrected chi connectivity index (χ1v) is 8.31. The van der Waals surface area contributed by atoms with E-state index in [-0.39, 0.29) is 11.8 Å². The van der Waals surface area contributed by atoms with Gasteiger partial charge in [0.15, 0.2) is 11.5 Å². The van der Waals surface area contributed by atoms with Crippen LogP contribution in [0.1, 0.15) is 35.7 Å². The molecule has 0 N–H and O–H groups in total. The third-order valence-corrected chi connectivity index (χ3v) is 4.40. The van der Waals surface area contributed by atoms with Crippen molar-refractivity contribution in [1.82, 2.24) is 9.80 Å². The molecule has 1 fully saturated rings. The van der Waals surface area contributed by atoms with E-state index < -0.39 is 0 Å². The van der Waals surface area contributed by atoms with Crippen LogP contribution in [0.2, 0.25) is 0 Å². The van der Waals surface area contributed by atoms with Gasteiger partial charge in [0.1, 0.15) is 0 Å². The number of hydrogen-bond donors (Lipinski definition) is 0. The molecule has 0 aromatic heterocycles. The second-order valence-electron chi connectivity index (χ2n) is 5.90. The van der Waals surface area contributed by atoms with Gasteiger partial charge in [-0.1, -0.05) is 6.92 Å². The normalized spacial score (nSPS) is 15.0. The minimum absolute atomic E-state index is 0.0285. The second kappa shape index (κ2) is 8.04. The van der Waals surface area contributed by atoms with E-state index >= 15 is 0 Å². The van der Waals surface area contributed by atoms with E-state index in [9.17, 15) is 9.59 Å². The Morgan fingerprint density at radius 2 is 1.58 bits per heavy atom. The van der Waals surface area contributed by atoms with Gasteiger partial charge in [-0.15, -0.1) is 0 Å². The Kier molecular flexibility index (Phi) is 6.06. The summed E-state index contributed by atoms with van der Waals surface area (Å²) in [5.74, 6) is 1.28. The van der Waals surface area contributed by atoms with E-state index in [2.05, 4.69) is 0 Å². The van der Waals surface area contributed by atoms with Crippen molar-refractivity contribution in [2.75, 3.05) is 40.4 Å². The Balaban J connectivity index is 2.18. The highest BCUT2D eigenvalue weighted by Crippen LogP contribution is 2.31. The van der Waals surface area contributed by atoms with Crippen molar-refractivity contribution in [3.63, 3.8) is 0 Å². The predicted molar refractivity (Wildman–Crippen MR) is 91.7 cm³/mol. The number of rotatable bonds is 4. The highest BCUT2D eigenvalue weighted by atomic mass is 16.5. The zero-order chi connectivity index (χ0) is 17.7. The van der Waals surface area contributed by atoms with Crippen LogP contribution in [0.25, 0.3) is 0 Å². The second-order valence-corrected chi connectivity index (χ2v) is 5.90. The number of carbonyl (C=O) groups is 2. The minimum Gasteiger partial charge on any atom is -0.493 e. The number of benzene rings is 1. The molecule has 1 aromatic rings. The van der Waals surface area contributed by atoms with E-state index in [0.29, 0.717) is 49.7 Å². The van der Waals surface area contributed by atoms with Gasteiger partial charge >= 0.3 is 0 Å². The number of amides is 2. The third-order valence-electron chi connectivity index (χ3n) is 4.40. The lowest BCUT2D eigenvalue weighted by Crippen LogP contribution is -2.37. The lowest BCUT2D eigenvalue weighted by molar-refractivity contribution is -0.130. The first kappa shape index (κ1) is 18.1. The van der Waals surface area contributed by atoms with Crippen molar-refractivity contribution < 1.29 is 19.1 Å². The molecule has 24 heavy (non-hydrogen) atoms. The molecule has 6 nitrogen and oxygen atoms in total. The van der Waals surface area contributed by atoms with Gasteiger partial charge in [0.25, 0.3) is 5.91 Å². The van der Waals surface area contributed by atoms with E-state index in [1.165, 1.54) is 0 Å². The summed E-state index contributed by atoms with van der Waals surface area (Å²) in [6.45, 7) is 6.26. The van der Waals surface area contributed by atoms with Crippen LogP contribution in [0.4, 0.5) is 0 Å². The van der Waals surface area contributed by atoms with Crippen LogP contribution in [0.15, 0.2) is 12.1 Å². The summed E-state index contributed by atoms with van der Waals surface area (Å²) >= 11 is 0. The first-order chi connectivity index (χ1) is 11.5. The molecule has 1 heterocycles. The highest BCUT2D eigenvalue weighted by Gasteiger charge is 2.24. The van der Waals surface area contributed by atoms with Crippen LogP contribution in [0.3, 0.4) is 0 Å². The molecular formula is C18H26N2O4. The molecule has 0 spiro atoms. The molecule has 6 heteroatoms. The standard InChI is InChI=1S/C18H26N2O4/c1-5-17(21)19-7-6-8-20(10-9-19)18(22)14-12-16(24-4)15(23-3)11-13(14)2/h11-12H,5-10H2,1-4H3. The number of hydrogen-bond acceptors (Lipinski definition) is 4. The van der Waals surface area contributed by atoms with Gasteiger partial charge in [-0.3, -0.25) is 9.59 Å². The van der Waals surface area contributed by atoms with Crippen molar-refractivity contribution in [1.29, 1.82) is 0 Å². The average Bonchev–Trinajstić information content (AvgIpc) is 2.86. The third kappa shape index (κ3) is 3.80. The van der Waals surface area contributed by atoms with Crippen LogP contribution in [-0.4, -0.2) is 62.0 Å². The van der Waals surface area contributed by atoms with E-state index in [4.69, 9.17) is 9.47 Å². The van der Waals surface area contributed by atoms with Gasteiger partial charge in [0.05, 0.1) is 14.2 Å². The molecule has 1 saturated heterocycles. The molecule has 2 amide bonds. The van der Waals surface area contributed by atoms with Crippen LogP contribution in [0.5, 0.6) is 11.5 Å². The SMILES string of the molecule is CCC(=O)N1CCCN(C(=O)c2cc(OC)c(OC)cc2C)CC1. The van der Waals surface area contributed by atoms with Crippen molar-refractivity contribution in [2.24, 2.45) is 0 Å². The molecule has 0 bridgehead atoms. The van der Waals surface area contributed by atoms with Gasteiger partial charge in [0, 0.05) is 38.2 Å². The monoisotopic (exact) mass is 334 g/mol. The largest absolute Gasteiger partial charge is 0.493 e. The van der Waals surface area contributed by atoms with Crippen molar-refractivity contribution in [3.05, 3.63) is 23.3 Å². The van der Waals surface area contributed by atoms with Crippen LogP contribution in [-0.2, 0) is 4.79 Å². The number of nitrogens with zero attached hydrogens (tertiary/aromatic N) is 2. The quantitative estimate of drug-likeness (QED) is 0.846. The van der Waals surface area contributed by atoms with Gasteiger partial charge in [-0.2, -0.15) is 0 Å². The first-order valence-electron chi connectivity index (χ1n) is 8.31. The van der Waals surface area contributed by atoms with Crippen molar-refractivity contribution in [3.8, 4) is 11.5 Å². The van der Waals surface area contributed by atoms with Gasteiger partial charge in [-0.25, -0.2) is 0 Å². The Hall–Kier alpha value is -2.24. The Bertz CT molecular complexity index is 615. The molecular weight excluding hydrogens is 308 g/mol. The summed E-state index contributed by atoms with van der Waals surface area (Å²) in [6.07, 6.45) is 1.30. The fraction of sp³-hybridized carbons (Fsp3) is 0.556. The highest BCUT2D eigenvalue weighted by molar-refractivity contribution is 5.96. The lowest BCUT2D eigenvalue weighted by Gasteiger charge is -2.23. The zero-order valence-corrected chi connectivity index (χ0v) is 14.9. The number of aryl methyl sites for hydroxylation is 1. The molecule has 0 aliphatic carbocycles. The van der Waals surface area contributed by atoms with Crippen molar-refractivity contribution in [2.45, 2.75) is 26.7 Å². The van der Waals surface area contributed by atoms with Gasteiger partial charge < -0.3 is 19.3 Å². The van der Waals surface area contributed by atoms with Gasteiger partial charge in [0.2, 0.25) is 5.91 Å². The Labute approximate surface area is 143 Å². The van der Waals surface area contributed by atoms with Crippen LogP contribution in [0, 0.1) is 6.92 Å². The molecule has 132 valence electrons. The minimum atomic E-state index is -0.0285. The fourth-order valence-corrected chi connectivity index (χ4v) is 2.97.